The topological polar surface area (TPSA) is 79.9 Å². The molecule has 1 N–H and O–H groups in total. The molecule has 1 heterocycles. The number of nitriles is 2. The standard InChI is InChI=1S/C18H21FN4O/c19-16-5-3-15(4-6-16)18(24)22-17-7-10-23(11-8-17)13-14(12-21)2-1-9-20/h3-6,14,17H,1-2,7-8,10-11,13H2,(H,22,24)/t14-/m1/s1. The summed E-state index contributed by atoms with van der Waals surface area (Å²) in [4.78, 5) is 14.3. The second-order valence-corrected chi connectivity index (χ2v) is 6.08. The van der Waals surface area contributed by atoms with E-state index < -0.39 is 0 Å². The van der Waals surface area contributed by atoms with Crippen molar-refractivity contribution in [3.8, 4) is 12.1 Å². The summed E-state index contributed by atoms with van der Waals surface area (Å²) >= 11 is 0. The molecular weight excluding hydrogens is 307 g/mol. The lowest BCUT2D eigenvalue weighted by Gasteiger charge is -2.33. The number of benzene rings is 1. The first-order chi connectivity index (χ1) is 11.6. The molecule has 1 aromatic rings. The number of nitrogens with one attached hydrogen (secondary N) is 1. The first-order valence-electron chi connectivity index (χ1n) is 8.17. The van der Waals surface area contributed by atoms with E-state index in [1.54, 1.807) is 0 Å². The molecule has 6 heteroatoms. The van der Waals surface area contributed by atoms with E-state index in [-0.39, 0.29) is 23.7 Å². The molecule has 2 rings (SSSR count). The van der Waals surface area contributed by atoms with E-state index in [2.05, 4.69) is 22.4 Å². The van der Waals surface area contributed by atoms with Gasteiger partial charge in [-0.1, -0.05) is 0 Å². The summed E-state index contributed by atoms with van der Waals surface area (Å²) in [7, 11) is 0. The Morgan fingerprint density at radius 2 is 1.96 bits per heavy atom. The Hall–Kier alpha value is -2.44. The number of likely N-dealkylation sites (tertiary alicyclic amines) is 1. The van der Waals surface area contributed by atoms with Crippen molar-refractivity contribution in [3.63, 3.8) is 0 Å². The van der Waals surface area contributed by atoms with E-state index in [1.807, 2.05) is 0 Å². The van der Waals surface area contributed by atoms with Gasteiger partial charge < -0.3 is 10.2 Å². The summed E-state index contributed by atoms with van der Waals surface area (Å²) in [5.41, 5.74) is 0.458. The van der Waals surface area contributed by atoms with Gasteiger partial charge >= 0.3 is 0 Å². The largest absolute Gasteiger partial charge is 0.349 e. The molecule has 0 saturated carbocycles. The quantitative estimate of drug-likeness (QED) is 0.870. The van der Waals surface area contributed by atoms with Crippen LogP contribution in [0.3, 0.4) is 0 Å². The van der Waals surface area contributed by atoms with Gasteiger partial charge in [-0.15, -0.1) is 0 Å². The van der Waals surface area contributed by atoms with Crippen LogP contribution in [0.4, 0.5) is 4.39 Å². The van der Waals surface area contributed by atoms with Gasteiger partial charge in [0.2, 0.25) is 0 Å². The van der Waals surface area contributed by atoms with Crippen molar-refractivity contribution >= 4 is 5.91 Å². The smallest absolute Gasteiger partial charge is 0.251 e. The van der Waals surface area contributed by atoms with Gasteiger partial charge in [0.05, 0.1) is 18.1 Å². The summed E-state index contributed by atoms with van der Waals surface area (Å²) < 4.78 is 12.9. The maximum absolute atomic E-state index is 12.9. The number of nitrogens with zero attached hydrogens (tertiary/aromatic N) is 3. The van der Waals surface area contributed by atoms with Gasteiger partial charge in [0.15, 0.2) is 0 Å². The third-order valence-electron chi connectivity index (χ3n) is 4.29. The zero-order valence-corrected chi connectivity index (χ0v) is 13.5. The molecule has 0 radical (unpaired) electrons. The van der Waals surface area contributed by atoms with Crippen LogP contribution in [-0.4, -0.2) is 36.5 Å². The number of carbonyl (C=O) groups excluding carboxylic acids is 1. The van der Waals surface area contributed by atoms with Crippen LogP contribution in [-0.2, 0) is 0 Å². The zero-order valence-electron chi connectivity index (χ0n) is 13.5. The van der Waals surface area contributed by atoms with Crippen molar-refractivity contribution in [2.24, 2.45) is 5.92 Å². The molecule has 0 bridgehead atoms. The van der Waals surface area contributed by atoms with E-state index in [0.29, 0.717) is 24.9 Å². The Bertz CT molecular complexity index is 624. The minimum atomic E-state index is -0.358. The average molecular weight is 328 g/mol. The SMILES string of the molecule is N#CCC[C@H](C#N)CN1CCC(NC(=O)c2ccc(F)cc2)CC1. The van der Waals surface area contributed by atoms with Crippen molar-refractivity contribution < 1.29 is 9.18 Å². The molecule has 1 saturated heterocycles. The van der Waals surface area contributed by atoms with Gasteiger partial charge in [0, 0.05) is 37.7 Å². The van der Waals surface area contributed by atoms with Crippen LogP contribution in [0.25, 0.3) is 0 Å². The maximum atomic E-state index is 12.9. The first-order valence-corrected chi connectivity index (χ1v) is 8.17. The number of piperidine rings is 1. The van der Waals surface area contributed by atoms with Crippen LogP contribution < -0.4 is 5.32 Å². The molecule has 1 atom stereocenters. The monoisotopic (exact) mass is 328 g/mol. The van der Waals surface area contributed by atoms with Gasteiger partial charge in [-0.3, -0.25) is 4.79 Å². The first kappa shape index (κ1) is 17.9. The van der Waals surface area contributed by atoms with Crippen molar-refractivity contribution in [3.05, 3.63) is 35.6 Å². The maximum Gasteiger partial charge on any atom is 0.251 e. The Morgan fingerprint density at radius 3 is 2.54 bits per heavy atom. The van der Waals surface area contributed by atoms with E-state index in [9.17, 15) is 9.18 Å². The Morgan fingerprint density at radius 1 is 1.29 bits per heavy atom. The fourth-order valence-corrected chi connectivity index (χ4v) is 2.88. The van der Waals surface area contributed by atoms with Gasteiger partial charge in [0.1, 0.15) is 5.82 Å². The molecule has 0 unspecified atom stereocenters. The predicted octanol–water partition coefficient (Wildman–Crippen LogP) is 2.46. The molecule has 126 valence electrons. The van der Waals surface area contributed by atoms with Gasteiger partial charge in [-0.25, -0.2) is 4.39 Å². The number of hydrogen-bond donors (Lipinski definition) is 1. The molecule has 1 aliphatic heterocycles. The number of carbonyl (C=O) groups is 1. The summed E-state index contributed by atoms with van der Waals surface area (Å²) in [5, 5.41) is 20.7. The van der Waals surface area contributed by atoms with E-state index in [1.165, 1.54) is 24.3 Å². The second kappa shape index (κ2) is 9.00. The summed E-state index contributed by atoms with van der Waals surface area (Å²) in [6, 6.07) is 9.95. The van der Waals surface area contributed by atoms with Gasteiger partial charge in [0.25, 0.3) is 5.91 Å². The molecule has 0 spiro atoms. The molecule has 0 aromatic heterocycles. The highest BCUT2D eigenvalue weighted by Gasteiger charge is 2.23. The van der Waals surface area contributed by atoms with Crippen molar-refractivity contribution in [1.82, 2.24) is 10.2 Å². The van der Waals surface area contributed by atoms with E-state index >= 15 is 0 Å². The molecule has 1 aromatic carbocycles. The lowest BCUT2D eigenvalue weighted by atomic mass is 10.0. The third-order valence-corrected chi connectivity index (χ3v) is 4.29. The van der Waals surface area contributed by atoms with E-state index in [4.69, 9.17) is 10.5 Å². The molecule has 24 heavy (non-hydrogen) atoms. The summed E-state index contributed by atoms with van der Waals surface area (Å²) in [5.74, 6) is -0.657. The normalized spacial score (nSPS) is 16.8. The minimum Gasteiger partial charge on any atom is -0.349 e. The highest BCUT2D eigenvalue weighted by atomic mass is 19.1. The average Bonchev–Trinajstić information content (AvgIpc) is 2.60. The van der Waals surface area contributed by atoms with Crippen LogP contribution in [0.5, 0.6) is 0 Å². The molecular formula is C18H21FN4O. The highest BCUT2D eigenvalue weighted by Crippen LogP contribution is 2.15. The summed E-state index contributed by atoms with van der Waals surface area (Å²) in [6.07, 6.45) is 2.66. The summed E-state index contributed by atoms with van der Waals surface area (Å²) in [6.45, 7) is 2.31. The van der Waals surface area contributed by atoms with Crippen molar-refractivity contribution in [2.75, 3.05) is 19.6 Å². The zero-order chi connectivity index (χ0) is 17.4. The fourth-order valence-electron chi connectivity index (χ4n) is 2.88. The molecule has 0 aliphatic carbocycles. The number of rotatable bonds is 6. The number of amides is 1. The van der Waals surface area contributed by atoms with Crippen LogP contribution in [0.2, 0.25) is 0 Å². The van der Waals surface area contributed by atoms with E-state index in [0.717, 1.165) is 25.9 Å². The second-order valence-electron chi connectivity index (χ2n) is 6.08. The van der Waals surface area contributed by atoms with Crippen LogP contribution >= 0.6 is 0 Å². The number of hydrogen-bond acceptors (Lipinski definition) is 4. The van der Waals surface area contributed by atoms with Gasteiger partial charge in [-0.2, -0.15) is 10.5 Å². The molecule has 5 nitrogen and oxygen atoms in total. The molecule has 1 amide bonds. The Kier molecular flexibility index (Phi) is 6.72. The van der Waals surface area contributed by atoms with Crippen LogP contribution in [0.15, 0.2) is 24.3 Å². The fraction of sp³-hybridized carbons (Fsp3) is 0.500. The highest BCUT2D eigenvalue weighted by molar-refractivity contribution is 5.94. The Balaban J connectivity index is 1.76. The predicted molar refractivity (Wildman–Crippen MR) is 87.3 cm³/mol. The number of halogens is 1. The third kappa shape index (κ3) is 5.33. The van der Waals surface area contributed by atoms with Crippen molar-refractivity contribution in [2.45, 2.75) is 31.7 Å². The molecule has 1 aliphatic rings. The van der Waals surface area contributed by atoms with Crippen LogP contribution in [0, 0.1) is 34.4 Å². The lowest BCUT2D eigenvalue weighted by molar-refractivity contribution is 0.0908. The van der Waals surface area contributed by atoms with Crippen LogP contribution in [0.1, 0.15) is 36.0 Å². The lowest BCUT2D eigenvalue weighted by Crippen LogP contribution is -2.45. The minimum absolute atomic E-state index is 0.0958. The Labute approximate surface area is 141 Å². The molecule has 1 fully saturated rings. The van der Waals surface area contributed by atoms with Gasteiger partial charge in [-0.05, 0) is 43.5 Å². The van der Waals surface area contributed by atoms with Crippen molar-refractivity contribution in [1.29, 1.82) is 10.5 Å².